The summed E-state index contributed by atoms with van der Waals surface area (Å²) in [6, 6.07) is 6.85. The van der Waals surface area contributed by atoms with Crippen molar-refractivity contribution in [2.24, 2.45) is 5.92 Å². The van der Waals surface area contributed by atoms with Gasteiger partial charge in [0.25, 0.3) is 0 Å². The Bertz CT molecular complexity index is 882. The average Bonchev–Trinajstić information content (AvgIpc) is 2.72. The van der Waals surface area contributed by atoms with E-state index in [0.717, 1.165) is 5.56 Å². The Morgan fingerprint density at radius 1 is 0.806 bits per heavy atom. The molecule has 0 aromatic heterocycles. The first-order valence-corrected chi connectivity index (χ1v) is 12.3. The predicted molar refractivity (Wildman–Crippen MR) is 138 cm³/mol. The Morgan fingerprint density at radius 3 is 1.78 bits per heavy atom. The van der Waals surface area contributed by atoms with Gasteiger partial charge < -0.3 is 20.7 Å². The van der Waals surface area contributed by atoms with E-state index in [1.165, 1.54) is 5.01 Å². The van der Waals surface area contributed by atoms with Gasteiger partial charge in [-0.3, -0.25) is 19.8 Å². The van der Waals surface area contributed by atoms with Gasteiger partial charge in [-0.15, -0.1) is 0 Å². The van der Waals surface area contributed by atoms with Crippen molar-refractivity contribution in [3.05, 3.63) is 35.9 Å². The molecule has 1 rings (SSSR count). The number of carbonyl (C=O) groups is 4. The molecule has 0 saturated carbocycles. The molecule has 0 aliphatic rings. The largest absolute Gasteiger partial charge is 0.443 e. The van der Waals surface area contributed by atoms with Gasteiger partial charge in [0.05, 0.1) is 0 Å². The van der Waals surface area contributed by atoms with E-state index in [1.807, 2.05) is 58.0 Å². The maximum Gasteiger partial charge on any atom is 0.422 e. The Labute approximate surface area is 214 Å². The van der Waals surface area contributed by atoms with Gasteiger partial charge in [0, 0.05) is 12.6 Å². The molecule has 0 unspecified atom stereocenters. The van der Waals surface area contributed by atoms with Crippen molar-refractivity contribution >= 4 is 23.8 Å². The van der Waals surface area contributed by atoms with Crippen LogP contribution in [-0.2, 0) is 25.7 Å². The van der Waals surface area contributed by atoms with Gasteiger partial charge in [-0.25, -0.2) is 9.80 Å². The summed E-state index contributed by atoms with van der Waals surface area (Å²) in [5, 5.41) is 9.59. The second kappa shape index (κ2) is 13.8. The summed E-state index contributed by atoms with van der Waals surface area (Å²) >= 11 is 0. The van der Waals surface area contributed by atoms with E-state index in [0.29, 0.717) is 0 Å². The van der Waals surface area contributed by atoms with Gasteiger partial charge in [-0.05, 0) is 59.9 Å². The molecule has 0 spiro atoms. The lowest BCUT2D eigenvalue weighted by Gasteiger charge is -2.34. The molecule has 0 aliphatic heterocycles. The van der Waals surface area contributed by atoms with Crippen molar-refractivity contribution in [1.82, 2.24) is 26.4 Å². The third-order valence-electron chi connectivity index (χ3n) is 5.00. The summed E-state index contributed by atoms with van der Waals surface area (Å²) in [7, 11) is 0. The molecule has 0 fully saturated rings. The fraction of sp³-hybridized carbons (Fsp3) is 0.615. The van der Waals surface area contributed by atoms with Crippen molar-refractivity contribution in [3.63, 3.8) is 0 Å². The Kier molecular flexibility index (Phi) is 11.9. The number of ether oxygens (including phenoxy) is 1. The van der Waals surface area contributed by atoms with Crippen LogP contribution in [0.25, 0.3) is 0 Å². The van der Waals surface area contributed by atoms with Gasteiger partial charge in [0.1, 0.15) is 23.7 Å². The molecular weight excluding hydrogens is 462 g/mol. The van der Waals surface area contributed by atoms with Gasteiger partial charge in [-0.1, -0.05) is 44.2 Å². The van der Waals surface area contributed by atoms with Crippen molar-refractivity contribution in [1.29, 1.82) is 0 Å². The van der Waals surface area contributed by atoms with Crippen molar-refractivity contribution < 1.29 is 23.9 Å². The number of carbonyl (C=O) groups excluding carboxylic acids is 4. The molecule has 0 saturated heterocycles. The van der Waals surface area contributed by atoms with Gasteiger partial charge in [0.15, 0.2) is 0 Å². The summed E-state index contributed by atoms with van der Waals surface area (Å²) in [6.45, 7) is 16.0. The van der Waals surface area contributed by atoms with E-state index in [2.05, 4.69) is 21.4 Å². The lowest BCUT2D eigenvalue weighted by atomic mass is 10.0. The van der Waals surface area contributed by atoms with Crippen LogP contribution in [0.3, 0.4) is 0 Å². The fourth-order valence-electron chi connectivity index (χ4n) is 3.39. The van der Waals surface area contributed by atoms with E-state index in [-0.39, 0.29) is 24.4 Å². The number of hydrogen-bond donors (Lipinski definition) is 4. The van der Waals surface area contributed by atoms with E-state index in [1.54, 1.807) is 34.6 Å². The van der Waals surface area contributed by atoms with Crippen molar-refractivity contribution in [3.8, 4) is 0 Å². The topological polar surface area (TPSA) is 129 Å². The minimum absolute atomic E-state index is 0.0613. The molecule has 36 heavy (non-hydrogen) atoms. The molecule has 3 atom stereocenters. The highest BCUT2D eigenvalue weighted by Gasteiger charge is 2.33. The van der Waals surface area contributed by atoms with Gasteiger partial charge >= 0.3 is 6.09 Å². The number of hydrazine groups is 1. The van der Waals surface area contributed by atoms with E-state index < -0.39 is 41.6 Å². The average molecular weight is 506 g/mol. The minimum Gasteiger partial charge on any atom is -0.443 e. The van der Waals surface area contributed by atoms with Crippen molar-refractivity contribution in [2.45, 2.75) is 98.6 Å². The lowest BCUT2D eigenvalue weighted by Crippen LogP contribution is -2.60. The second-order valence-corrected chi connectivity index (χ2v) is 10.5. The highest BCUT2D eigenvalue weighted by atomic mass is 16.6. The molecule has 10 nitrogen and oxygen atoms in total. The first kappa shape index (κ1) is 30.9. The Morgan fingerprint density at radius 2 is 1.31 bits per heavy atom. The number of nitrogens with one attached hydrogen (secondary N) is 4. The highest BCUT2D eigenvalue weighted by Crippen LogP contribution is 2.15. The smallest absolute Gasteiger partial charge is 0.422 e. The van der Waals surface area contributed by atoms with Crippen LogP contribution < -0.4 is 21.4 Å². The summed E-state index contributed by atoms with van der Waals surface area (Å²) in [4.78, 5) is 50.7. The van der Waals surface area contributed by atoms with Crippen molar-refractivity contribution in [2.75, 3.05) is 0 Å². The molecule has 0 aliphatic carbocycles. The predicted octanol–water partition coefficient (Wildman–Crippen LogP) is 2.49. The van der Waals surface area contributed by atoms with Crippen LogP contribution >= 0.6 is 0 Å². The molecular formula is C26H43N5O5. The van der Waals surface area contributed by atoms with E-state index >= 15 is 0 Å². The zero-order valence-electron chi connectivity index (χ0n) is 23.0. The molecule has 4 amide bonds. The molecule has 202 valence electrons. The zero-order chi connectivity index (χ0) is 27.6. The number of nitrogens with zero attached hydrogens (tertiary/aromatic N) is 1. The lowest BCUT2D eigenvalue weighted by molar-refractivity contribution is -0.135. The summed E-state index contributed by atoms with van der Waals surface area (Å²) in [5.41, 5.74) is 2.87. The molecule has 0 heterocycles. The molecule has 10 heteroatoms. The van der Waals surface area contributed by atoms with Crippen LogP contribution in [0.1, 0.15) is 67.9 Å². The summed E-state index contributed by atoms with van der Waals surface area (Å²) < 4.78 is 5.40. The second-order valence-electron chi connectivity index (χ2n) is 10.5. The van der Waals surface area contributed by atoms with Gasteiger partial charge in [-0.2, -0.15) is 0 Å². The molecule has 1 aromatic carbocycles. The zero-order valence-corrected chi connectivity index (χ0v) is 23.0. The third-order valence-corrected chi connectivity index (χ3v) is 5.00. The van der Waals surface area contributed by atoms with Crippen LogP contribution in [0.15, 0.2) is 30.3 Å². The summed E-state index contributed by atoms with van der Waals surface area (Å²) in [5.74, 6) is -1.48. The fourth-order valence-corrected chi connectivity index (χ4v) is 3.39. The monoisotopic (exact) mass is 505 g/mol. The Hall–Kier alpha value is -3.14. The first-order valence-electron chi connectivity index (χ1n) is 12.3. The van der Waals surface area contributed by atoms with E-state index in [4.69, 9.17) is 4.74 Å². The third kappa shape index (κ3) is 11.1. The minimum atomic E-state index is -0.909. The Balaban J connectivity index is 3.02. The normalized spacial score (nSPS) is 14.1. The molecule has 0 bridgehead atoms. The SMILES string of the molecule is CC(C)NC(=O)[C@H](C)NC(=O)[C@H](C)NC(=O)[C@H](C(C)C)N(Cc1ccccc1)NC(=O)OC(C)(C)C. The van der Waals surface area contributed by atoms with Crippen LogP contribution in [0, 0.1) is 5.92 Å². The number of rotatable bonds is 11. The van der Waals surface area contributed by atoms with E-state index in [9.17, 15) is 19.2 Å². The maximum atomic E-state index is 13.4. The number of amides is 4. The summed E-state index contributed by atoms with van der Waals surface area (Å²) in [6.07, 6.45) is -0.687. The van der Waals surface area contributed by atoms with Crippen LogP contribution in [0.4, 0.5) is 4.79 Å². The standard InChI is InChI=1S/C26H43N5O5/c1-16(2)21(24(34)29-19(6)23(33)28-18(5)22(32)27-17(3)4)31(15-20-13-11-10-12-14-20)30-25(35)36-26(7,8)9/h10-14,16-19,21H,15H2,1-9H3,(H,27,32)(H,28,33)(H,29,34)(H,30,35)/t18-,19-,21-/m0/s1. The number of hydrogen-bond acceptors (Lipinski definition) is 6. The van der Waals surface area contributed by atoms with Gasteiger partial charge in [0.2, 0.25) is 17.7 Å². The molecule has 1 aromatic rings. The first-order chi connectivity index (χ1) is 16.6. The molecule has 4 N–H and O–H groups in total. The van der Waals surface area contributed by atoms with Crippen LogP contribution in [0.5, 0.6) is 0 Å². The number of benzene rings is 1. The highest BCUT2D eigenvalue weighted by molar-refractivity contribution is 5.92. The van der Waals surface area contributed by atoms with Crippen LogP contribution in [0.2, 0.25) is 0 Å². The quantitative estimate of drug-likeness (QED) is 0.342. The molecule has 0 radical (unpaired) electrons. The maximum absolute atomic E-state index is 13.4. The van der Waals surface area contributed by atoms with Crippen LogP contribution in [-0.4, -0.2) is 58.6 Å².